The molecular weight excluding hydrogens is 426 g/mol. The lowest BCUT2D eigenvalue weighted by Crippen LogP contribution is -2.50. The molecule has 3 heterocycles. The number of pyridine rings is 1. The van der Waals surface area contributed by atoms with E-state index in [4.69, 9.17) is 4.74 Å². The molecule has 0 aliphatic heterocycles. The second-order valence-electron chi connectivity index (χ2n) is 8.47. The Hall–Kier alpha value is -3.44. The summed E-state index contributed by atoms with van der Waals surface area (Å²) in [5.74, 6) is 0.648. The molecular formula is C22H27N7O4. The molecule has 5 rings (SSSR count). The molecule has 2 saturated carbocycles. The number of hydrogen-bond donors (Lipinski definition) is 4. The van der Waals surface area contributed by atoms with Crippen molar-refractivity contribution in [3.05, 3.63) is 46.5 Å². The number of aromatic nitrogens is 4. The van der Waals surface area contributed by atoms with Gasteiger partial charge in [0.05, 0.1) is 30.5 Å². The molecule has 2 aliphatic carbocycles. The highest BCUT2D eigenvalue weighted by molar-refractivity contribution is 6.00. The zero-order valence-corrected chi connectivity index (χ0v) is 18.5. The maximum Gasteiger partial charge on any atom is 0.274 e. The number of aliphatic hydroxyl groups is 1. The second kappa shape index (κ2) is 8.49. The molecule has 4 N–H and O–H groups in total. The smallest absolute Gasteiger partial charge is 0.274 e. The fourth-order valence-electron chi connectivity index (χ4n) is 4.31. The maximum atomic E-state index is 13.1. The largest absolute Gasteiger partial charge is 0.391 e. The average molecular weight is 454 g/mol. The van der Waals surface area contributed by atoms with E-state index in [0.29, 0.717) is 29.4 Å². The van der Waals surface area contributed by atoms with Crippen LogP contribution in [-0.2, 0) is 4.74 Å². The first-order valence-electron chi connectivity index (χ1n) is 11.1. The van der Waals surface area contributed by atoms with E-state index in [1.165, 1.54) is 10.7 Å². The summed E-state index contributed by atoms with van der Waals surface area (Å²) in [5.41, 5.74) is 0.839. The first-order chi connectivity index (χ1) is 16.0. The van der Waals surface area contributed by atoms with Crippen LogP contribution < -0.4 is 21.5 Å². The number of nitrogens with zero attached hydrogens (tertiary/aromatic N) is 4. The number of ether oxygens (including phenoxy) is 1. The SMILES string of the molecule is CNc1cc(Nc2cccn([C@H]3CC[C@@H]3OC)c2=O)nc2c(C(=O)N[C@@H]3CC[C@@H]3O)cnn12. The lowest BCUT2D eigenvalue weighted by atomic mass is 9.88. The predicted molar refractivity (Wildman–Crippen MR) is 122 cm³/mol. The zero-order chi connectivity index (χ0) is 23.1. The number of nitrogens with one attached hydrogen (secondary N) is 3. The van der Waals surface area contributed by atoms with Crippen molar-refractivity contribution in [2.75, 3.05) is 24.8 Å². The van der Waals surface area contributed by atoms with Crippen LogP contribution >= 0.6 is 0 Å². The van der Waals surface area contributed by atoms with Gasteiger partial charge in [0.25, 0.3) is 11.5 Å². The number of aliphatic hydroxyl groups excluding tert-OH is 1. The van der Waals surface area contributed by atoms with Crippen molar-refractivity contribution in [2.45, 2.75) is 50.0 Å². The van der Waals surface area contributed by atoms with E-state index in [-0.39, 0.29) is 35.2 Å². The molecule has 0 bridgehead atoms. The molecule has 4 atom stereocenters. The van der Waals surface area contributed by atoms with Crippen molar-refractivity contribution in [3.63, 3.8) is 0 Å². The molecule has 2 fully saturated rings. The fraction of sp³-hybridized carbons (Fsp3) is 0.455. The molecule has 0 saturated heterocycles. The van der Waals surface area contributed by atoms with E-state index in [1.807, 2.05) is 6.07 Å². The van der Waals surface area contributed by atoms with Crippen LogP contribution in [0.3, 0.4) is 0 Å². The zero-order valence-electron chi connectivity index (χ0n) is 18.5. The molecule has 3 aromatic heterocycles. The van der Waals surface area contributed by atoms with Crippen LogP contribution in [-0.4, -0.2) is 62.6 Å². The minimum absolute atomic E-state index is 0.0135. The Labute approximate surface area is 189 Å². The highest BCUT2D eigenvalue weighted by atomic mass is 16.5. The van der Waals surface area contributed by atoms with Crippen molar-refractivity contribution >= 4 is 28.9 Å². The van der Waals surface area contributed by atoms with Crippen molar-refractivity contribution < 1.29 is 14.6 Å². The van der Waals surface area contributed by atoms with E-state index in [2.05, 4.69) is 26.0 Å². The summed E-state index contributed by atoms with van der Waals surface area (Å²) in [6.07, 6.45) is 5.96. The molecule has 0 aromatic carbocycles. The van der Waals surface area contributed by atoms with Crippen molar-refractivity contribution in [1.82, 2.24) is 24.5 Å². The van der Waals surface area contributed by atoms with Crippen LogP contribution in [0.15, 0.2) is 35.4 Å². The fourth-order valence-corrected chi connectivity index (χ4v) is 4.31. The Balaban J connectivity index is 1.46. The topological polar surface area (TPSA) is 135 Å². The Morgan fingerprint density at radius 1 is 1.27 bits per heavy atom. The quantitative estimate of drug-likeness (QED) is 0.420. The van der Waals surface area contributed by atoms with Gasteiger partial charge in [0.15, 0.2) is 5.65 Å². The van der Waals surface area contributed by atoms with Gasteiger partial charge < -0.3 is 30.4 Å². The van der Waals surface area contributed by atoms with Crippen LogP contribution in [0.2, 0.25) is 0 Å². The third kappa shape index (κ3) is 3.72. The lowest BCUT2D eigenvalue weighted by molar-refractivity contribution is -0.0103. The van der Waals surface area contributed by atoms with Gasteiger partial charge in [-0.05, 0) is 37.8 Å². The monoisotopic (exact) mass is 453 g/mol. The number of methoxy groups -OCH3 is 1. The molecule has 0 unspecified atom stereocenters. The van der Waals surface area contributed by atoms with Gasteiger partial charge in [0, 0.05) is 26.4 Å². The van der Waals surface area contributed by atoms with Gasteiger partial charge in [-0.15, -0.1) is 0 Å². The number of fused-ring (bicyclic) bond motifs is 1. The molecule has 1 amide bonds. The van der Waals surface area contributed by atoms with Gasteiger partial charge in [-0.1, -0.05) is 0 Å². The van der Waals surface area contributed by atoms with Gasteiger partial charge in [-0.25, -0.2) is 4.98 Å². The molecule has 3 aromatic rings. The van der Waals surface area contributed by atoms with E-state index < -0.39 is 6.10 Å². The number of carbonyl (C=O) groups excluding carboxylic acids is 1. The van der Waals surface area contributed by atoms with Gasteiger partial charge in [0.1, 0.15) is 22.9 Å². The summed E-state index contributed by atoms with van der Waals surface area (Å²) in [4.78, 5) is 30.5. The number of rotatable bonds is 7. The van der Waals surface area contributed by atoms with Crippen LogP contribution in [0, 0.1) is 0 Å². The van der Waals surface area contributed by atoms with Gasteiger partial charge >= 0.3 is 0 Å². The highest BCUT2D eigenvalue weighted by Gasteiger charge is 2.33. The molecule has 11 heteroatoms. The summed E-state index contributed by atoms with van der Waals surface area (Å²) in [6.45, 7) is 0. The number of amides is 1. The number of anilines is 3. The highest BCUT2D eigenvalue weighted by Crippen LogP contribution is 2.33. The second-order valence-corrected chi connectivity index (χ2v) is 8.47. The minimum atomic E-state index is -0.525. The van der Waals surface area contributed by atoms with Crippen molar-refractivity contribution in [2.24, 2.45) is 0 Å². The molecule has 11 nitrogen and oxygen atoms in total. The molecule has 2 aliphatic rings. The molecule has 0 radical (unpaired) electrons. The molecule has 0 spiro atoms. The van der Waals surface area contributed by atoms with E-state index in [9.17, 15) is 14.7 Å². The maximum absolute atomic E-state index is 13.1. The number of carbonyl (C=O) groups is 1. The standard InChI is InChI=1S/C22H27N7O4/c1-23-19-10-18(25-14-4-3-9-28(22(14)32)15-6-8-17(15)33-2)27-20-12(11-24-29(19)20)21(31)26-13-5-7-16(13)30/h3-4,9-11,13,15-17,23,30H,5-8H2,1-2H3,(H,25,27)(H,26,31)/t13-,15+,16+,17+/m1/s1. The summed E-state index contributed by atoms with van der Waals surface area (Å²) in [6, 6.07) is 4.98. The van der Waals surface area contributed by atoms with Crippen LogP contribution in [0.5, 0.6) is 0 Å². The van der Waals surface area contributed by atoms with Crippen LogP contribution in [0.1, 0.15) is 42.1 Å². The van der Waals surface area contributed by atoms with E-state index in [1.54, 1.807) is 37.1 Å². The minimum Gasteiger partial charge on any atom is -0.391 e. The lowest BCUT2D eigenvalue weighted by Gasteiger charge is -2.36. The Morgan fingerprint density at radius 2 is 2.12 bits per heavy atom. The Kier molecular flexibility index (Phi) is 5.51. The van der Waals surface area contributed by atoms with Gasteiger partial charge in [-0.2, -0.15) is 9.61 Å². The average Bonchev–Trinajstić information content (AvgIpc) is 3.22. The van der Waals surface area contributed by atoms with Gasteiger partial charge in [0.2, 0.25) is 0 Å². The van der Waals surface area contributed by atoms with Crippen molar-refractivity contribution in [1.29, 1.82) is 0 Å². The van der Waals surface area contributed by atoms with Crippen LogP contribution in [0.4, 0.5) is 17.3 Å². The first kappa shape index (κ1) is 21.4. The third-order valence-electron chi connectivity index (χ3n) is 6.60. The number of hydrogen-bond acceptors (Lipinski definition) is 8. The Bertz CT molecular complexity index is 1250. The summed E-state index contributed by atoms with van der Waals surface area (Å²) < 4.78 is 8.67. The third-order valence-corrected chi connectivity index (χ3v) is 6.60. The van der Waals surface area contributed by atoms with E-state index in [0.717, 1.165) is 19.3 Å². The van der Waals surface area contributed by atoms with Crippen LogP contribution in [0.25, 0.3) is 5.65 Å². The predicted octanol–water partition coefficient (Wildman–Crippen LogP) is 1.28. The summed E-state index contributed by atoms with van der Waals surface area (Å²) >= 11 is 0. The summed E-state index contributed by atoms with van der Waals surface area (Å²) in [7, 11) is 3.40. The van der Waals surface area contributed by atoms with E-state index >= 15 is 0 Å². The normalized spacial score (nSPS) is 24.1. The molecule has 174 valence electrons. The molecule has 33 heavy (non-hydrogen) atoms. The first-order valence-corrected chi connectivity index (χ1v) is 11.1. The summed E-state index contributed by atoms with van der Waals surface area (Å²) in [5, 5.41) is 23.0. The van der Waals surface area contributed by atoms with Crippen molar-refractivity contribution in [3.8, 4) is 0 Å². The van der Waals surface area contributed by atoms with Gasteiger partial charge in [-0.3, -0.25) is 9.59 Å². The Morgan fingerprint density at radius 3 is 2.76 bits per heavy atom.